The van der Waals surface area contributed by atoms with Gasteiger partial charge in [0.25, 0.3) is 11.9 Å². The zero-order valence-corrected chi connectivity index (χ0v) is 15.4. The molecule has 140 valence electrons. The molecule has 0 radical (unpaired) electrons. The number of imidazole rings is 1. The highest BCUT2D eigenvalue weighted by atomic mass is 16.6. The van der Waals surface area contributed by atoms with Gasteiger partial charge in [-0.15, -0.1) is 0 Å². The Morgan fingerprint density at radius 3 is 2.70 bits per heavy atom. The lowest BCUT2D eigenvalue weighted by atomic mass is 9.95. The fraction of sp³-hybridized carbons (Fsp3) is 0.333. The van der Waals surface area contributed by atoms with Crippen LogP contribution in [0.25, 0.3) is 0 Å². The third-order valence-electron chi connectivity index (χ3n) is 4.99. The lowest BCUT2D eigenvalue weighted by Crippen LogP contribution is -2.38. The fourth-order valence-corrected chi connectivity index (χ4v) is 3.54. The first-order chi connectivity index (χ1) is 13.2. The summed E-state index contributed by atoms with van der Waals surface area (Å²) in [4.78, 5) is 19.1. The number of hydrogen-bond donors (Lipinski definition) is 0. The molecule has 2 aromatic heterocycles. The molecule has 4 rings (SSSR count). The number of aryl methyl sites for hydroxylation is 1. The van der Waals surface area contributed by atoms with Crippen molar-refractivity contribution >= 4 is 5.91 Å². The van der Waals surface area contributed by atoms with Gasteiger partial charge in [0.2, 0.25) is 0 Å². The van der Waals surface area contributed by atoms with Crippen LogP contribution >= 0.6 is 0 Å². The molecule has 3 aromatic rings. The standard InChI is InChI=1S/C21H23N3O3/c1-2-23-15-12-22-20(23)16-10-13-24(14-11-16)21(25)18-8-9-19(27-18)26-17-6-4-3-5-7-17/h3-9,12,15-16H,2,10-11,13-14H2,1H3. The number of amides is 1. The molecule has 0 saturated carbocycles. The fourth-order valence-electron chi connectivity index (χ4n) is 3.54. The molecule has 0 spiro atoms. The maximum atomic E-state index is 12.7. The van der Waals surface area contributed by atoms with Gasteiger partial charge in [-0.2, -0.15) is 0 Å². The van der Waals surface area contributed by atoms with Crippen molar-refractivity contribution in [2.45, 2.75) is 32.2 Å². The second-order valence-corrected chi connectivity index (χ2v) is 6.67. The van der Waals surface area contributed by atoms with Crippen LogP contribution in [0.5, 0.6) is 11.7 Å². The largest absolute Gasteiger partial charge is 0.426 e. The Balaban J connectivity index is 1.37. The van der Waals surface area contributed by atoms with Crippen molar-refractivity contribution in [3.05, 3.63) is 66.4 Å². The molecule has 1 aliphatic rings. The van der Waals surface area contributed by atoms with Gasteiger partial charge < -0.3 is 18.6 Å². The van der Waals surface area contributed by atoms with Gasteiger partial charge in [0, 0.05) is 44.0 Å². The average molecular weight is 365 g/mol. The molecule has 27 heavy (non-hydrogen) atoms. The number of para-hydroxylation sites is 1. The molecule has 1 amide bonds. The molecule has 0 atom stereocenters. The van der Waals surface area contributed by atoms with Crippen molar-refractivity contribution in [1.29, 1.82) is 0 Å². The molecule has 0 bridgehead atoms. The van der Waals surface area contributed by atoms with Crippen LogP contribution in [-0.2, 0) is 6.54 Å². The Morgan fingerprint density at radius 2 is 1.96 bits per heavy atom. The van der Waals surface area contributed by atoms with Gasteiger partial charge in [0.05, 0.1) is 0 Å². The van der Waals surface area contributed by atoms with Gasteiger partial charge in [-0.1, -0.05) is 18.2 Å². The molecular weight excluding hydrogens is 342 g/mol. The van der Waals surface area contributed by atoms with E-state index in [9.17, 15) is 4.79 Å². The summed E-state index contributed by atoms with van der Waals surface area (Å²) in [5.74, 6) is 2.76. The van der Waals surface area contributed by atoms with Crippen molar-refractivity contribution in [2.75, 3.05) is 13.1 Å². The minimum Gasteiger partial charge on any atom is -0.426 e. The summed E-state index contributed by atoms with van der Waals surface area (Å²) >= 11 is 0. The highest BCUT2D eigenvalue weighted by Crippen LogP contribution is 2.29. The number of carbonyl (C=O) groups excluding carboxylic acids is 1. The minimum atomic E-state index is -0.0878. The summed E-state index contributed by atoms with van der Waals surface area (Å²) in [6.45, 7) is 4.45. The van der Waals surface area contributed by atoms with Gasteiger partial charge >= 0.3 is 0 Å². The van der Waals surface area contributed by atoms with Gasteiger partial charge in [-0.05, 0) is 38.0 Å². The molecule has 6 nitrogen and oxygen atoms in total. The zero-order chi connectivity index (χ0) is 18.6. The Labute approximate surface area is 158 Å². The number of ether oxygens (including phenoxy) is 1. The van der Waals surface area contributed by atoms with Crippen LogP contribution in [0.15, 0.2) is 59.3 Å². The highest BCUT2D eigenvalue weighted by Gasteiger charge is 2.28. The van der Waals surface area contributed by atoms with Crippen LogP contribution in [0, 0.1) is 0 Å². The van der Waals surface area contributed by atoms with Gasteiger partial charge in [0.15, 0.2) is 5.76 Å². The molecule has 1 aromatic carbocycles. The Hall–Kier alpha value is -3.02. The van der Waals surface area contributed by atoms with E-state index in [4.69, 9.17) is 9.15 Å². The van der Waals surface area contributed by atoms with Gasteiger partial charge in [0.1, 0.15) is 11.6 Å². The van der Waals surface area contributed by atoms with Crippen molar-refractivity contribution in [3.8, 4) is 11.7 Å². The summed E-state index contributed by atoms with van der Waals surface area (Å²) in [6.07, 6.45) is 5.70. The van der Waals surface area contributed by atoms with Gasteiger partial charge in [-0.3, -0.25) is 4.79 Å². The van der Waals surface area contributed by atoms with Crippen LogP contribution < -0.4 is 4.74 Å². The summed E-state index contributed by atoms with van der Waals surface area (Å²) < 4.78 is 13.4. The van der Waals surface area contributed by atoms with Crippen LogP contribution in [0.1, 0.15) is 42.1 Å². The molecule has 1 aliphatic heterocycles. The van der Waals surface area contributed by atoms with E-state index in [0.717, 1.165) is 25.2 Å². The van der Waals surface area contributed by atoms with Crippen molar-refractivity contribution in [2.24, 2.45) is 0 Å². The topological polar surface area (TPSA) is 60.5 Å². The number of hydrogen-bond acceptors (Lipinski definition) is 4. The zero-order valence-electron chi connectivity index (χ0n) is 15.4. The molecular formula is C21H23N3O3. The van der Waals surface area contributed by atoms with E-state index >= 15 is 0 Å². The van der Waals surface area contributed by atoms with E-state index in [1.54, 1.807) is 12.1 Å². The van der Waals surface area contributed by atoms with E-state index in [1.165, 1.54) is 0 Å². The highest BCUT2D eigenvalue weighted by molar-refractivity contribution is 5.91. The Kier molecular flexibility index (Phi) is 4.96. The number of furan rings is 1. The number of nitrogens with zero attached hydrogens (tertiary/aromatic N) is 3. The quantitative estimate of drug-likeness (QED) is 0.676. The molecule has 0 N–H and O–H groups in total. The van der Waals surface area contributed by atoms with Crippen molar-refractivity contribution < 1.29 is 13.9 Å². The van der Waals surface area contributed by atoms with Crippen molar-refractivity contribution in [1.82, 2.24) is 14.5 Å². The number of benzene rings is 1. The first kappa shape index (κ1) is 17.4. The van der Waals surface area contributed by atoms with Crippen LogP contribution in [0.3, 0.4) is 0 Å². The van der Waals surface area contributed by atoms with E-state index in [1.807, 2.05) is 47.6 Å². The molecule has 6 heteroatoms. The minimum absolute atomic E-state index is 0.0878. The third kappa shape index (κ3) is 3.74. The van der Waals surface area contributed by atoms with Crippen LogP contribution in [0.2, 0.25) is 0 Å². The predicted molar refractivity (Wildman–Crippen MR) is 101 cm³/mol. The third-order valence-corrected chi connectivity index (χ3v) is 4.99. The first-order valence-electron chi connectivity index (χ1n) is 9.37. The predicted octanol–water partition coefficient (Wildman–Crippen LogP) is 4.31. The van der Waals surface area contributed by atoms with Crippen LogP contribution in [-0.4, -0.2) is 33.4 Å². The Bertz CT molecular complexity index is 892. The Morgan fingerprint density at radius 1 is 1.19 bits per heavy atom. The van der Waals surface area contributed by atoms with Crippen LogP contribution in [0.4, 0.5) is 0 Å². The second kappa shape index (κ2) is 7.70. The first-order valence-corrected chi connectivity index (χ1v) is 9.37. The molecule has 0 aliphatic carbocycles. The normalized spacial score (nSPS) is 15.1. The SMILES string of the molecule is CCn1ccnc1C1CCN(C(=O)c2ccc(Oc3ccccc3)o2)CC1. The van der Waals surface area contributed by atoms with E-state index in [-0.39, 0.29) is 5.91 Å². The van der Waals surface area contributed by atoms with Gasteiger partial charge in [-0.25, -0.2) is 4.98 Å². The summed E-state index contributed by atoms with van der Waals surface area (Å²) in [5, 5.41) is 0. The monoisotopic (exact) mass is 365 g/mol. The van der Waals surface area contributed by atoms with Crippen molar-refractivity contribution in [3.63, 3.8) is 0 Å². The number of aromatic nitrogens is 2. The molecule has 1 fully saturated rings. The average Bonchev–Trinajstić information content (AvgIpc) is 3.38. The lowest BCUT2D eigenvalue weighted by Gasteiger charge is -2.31. The summed E-state index contributed by atoms with van der Waals surface area (Å²) in [5.41, 5.74) is 0. The molecule has 1 saturated heterocycles. The number of rotatable bonds is 5. The maximum absolute atomic E-state index is 12.7. The van der Waals surface area contributed by atoms with E-state index in [2.05, 4.69) is 16.5 Å². The number of piperidine rings is 1. The summed E-state index contributed by atoms with van der Waals surface area (Å²) in [6, 6.07) is 12.7. The lowest BCUT2D eigenvalue weighted by molar-refractivity contribution is 0.0673. The second-order valence-electron chi connectivity index (χ2n) is 6.67. The van der Waals surface area contributed by atoms with E-state index in [0.29, 0.717) is 36.5 Å². The molecule has 0 unspecified atom stereocenters. The summed E-state index contributed by atoms with van der Waals surface area (Å²) in [7, 11) is 0. The molecule has 3 heterocycles. The van der Waals surface area contributed by atoms with E-state index < -0.39 is 0 Å². The smallest absolute Gasteiger partial charge is 0.290 e. The maximum Gasteiger partial charge on any atom is 0.290 e. The number of likely N-dealkylation sites (tertiary alicyclic amines) is 1. The number of carbonyl (C=O) groups is 1.